The van der Waals surface area contributed by atoms with Crippen molar-refractivity contribution in [2.45, 2.75) is 25.9 Å². The van der Waals surface area contributed by atoms with E-state index < -0.39 is 0 Å². The highest BCUT2D eigenvalue weighted by molar-refractivity contribution is 7.99. The number of phenolic OH excluding ortho intramolecular Hbond substituents is 1. The summed E-state index contributed by atoms with van der Waals surface area (Å²) in [6.45, 7) is 8.30. The number of anilines is 1. The smallest absolute Gasteiger partial charge is 0.250 e. The molecule has 9 nitrogen and oxygen atoms in total. The Morgan fingerprint density at radius 3 is 2.45 bits per heavy atom. The normalized spacial score (nSPS) is 11.1. The summed E-state index contributed by atoms with van der Waals surface area (Å²) in [7, 11) is 0. The van der Waals surface area contributed by atoms with Gasteiger partial charge < -0.3 is 14.7 Å². The topological polar surface area (TPSA) is 105 Å². The second-order valence-electron chi connectivity index (χ2n) is 8.57. The molecule has 0 saturated carbocycles. The number of amides is 1. The van der Waals surface area contributed by atoms with Crippen LogP contribution in [0.4, 0.5) is 5.69 Å². The Morgan fingerprint density at radius 2 is 1.80 bits per heavy atom. The molecule has 1 aromatic heterocycles. The molecule has 0 atom stereocenters. The molecule has 0 radical (unpaired) electrons. The maximum Gasteiger partial charge on any atom is 0.250 e. The third-order valence-electron chi connectivity index (χ3n) is 6.01. The summed E-state index contributed by atoms with van der Waals surface area (Å²) in [5, 5.41) is 24.3. The van der Waals surface area contributed by atoms with Crippen molar-refractivity contribution in [2.24, 2.45) is 5.10 Å². The lowest BCUT2D eigenvalue weighted by Crippen LogP contribution is -2.21. The molecule has 0 fully saturated rings. The minimum Gasteiger partial charge on any atom is -0.507 e. The second kappa shape index (κ2) is 13.9. The van der Waals surface area contributed by atoms with E-state index in [0.29, 0.717) is 28.2 Å². The van der Waals surface area contributed by atoms with E-state index in [1.54, 1.807) is 24.3 Å². The number of aromatic hydroxyl groups is 1. The van der Waals surface area contributed by atoms with Crippen LogP contribution in [0.15, 0.2) is 77.0 Å². The lowest BCUT2D eigenvalue weighted by atomic mass is 10.2. The molecule has 4 rings (SSSR count). The summed E-state index contributed by atoms with van der Waals surface area (Å²) in [6.07, 6.45) is 1.42. The Bertz CT molecular complexity index is 1450. The average Bonchev–Trinajstić information content (AvgIpc) is 3.38. The molecule has 1 amide bonds. The summed E-state index contributed by atoms with van der Waals surface area (Å²) in [5.74, 6) is 1.20. The number of hydrogen-bond donors (Lipinski definition) is 2. The molecular formula is C29H31ClN6O3S. The summed E-state index contributed by atoms with van der Waals surface area (Å²) >= 11 is 7.31. The first-order valence-electron chi connectivity index (χ1n) is 12.9. The molecule has 2 N–H and O–H groups in total. The van der Waals surface area contributed by atoms with E-state index in [1.165, 1.54) is 18.0 Å². The van der Waals surface area contributed by atoms with Crippen LogP contribution in [0.1, 0.15) is 26.3 Å². The molecule has 11 heteroatoms. The van der Waals surface area contributed by atoms with Crippen molar-refractivity contribution in [3.8, 4) is 28.6 Å². The molecule has 0 bridgehead atoms. The first-order chi connectivity index (χ1) is 19.4. The van der Waals surface area contributed by atoms with Gasteiger partial charge in [-0.1, -0.05) is 23.4 Å². The molecule has 208 valence electrons. The predicted octanol–water partition coefficient (Wildman–Crippen LogP) is 5.78. The summed E-state index contributed by atoms with van der Waals surface area (Å²) in [6, 6.07) is 20.3. The van der Waals surface area contributed by atoms with Gasteiger partial charge in [-0.25, -0.2) is 5.43 Å². The maximum absolute atomic E-state index is 12.6. The van der Waals surface area contributed by atoms with Crippen molar-refractivity contribution in [3.63, 3.8) is 0 Å². The van der Waals surface area contributed by atoms with Crippen LogP contribution in [0.3, 0.4) is 0 Å². The molecule has 1 heterocycles. The van der Waals surface area contributed by atoms with Gasteiger partial charge in [0.15, 0.2) is 11.0 Å². The highest BCUT2D eigenvalue weighted by Gasteiger charge is 2.17. The minimum atomic E-state index is -0.324. The average molecular weight is 579 g/mol. The maximum atomic E-state index is 12.6. The Kier molecular flexibility index (Phi) is 10.0. The number of nitrogens with zero attached hydrogens (tertiary/aromatic N) is 5. The van der Waals surface area contributed by atoms with Gasteiger partial charge in [-0.3, -0.25) is 9.36 Å². The predicted molar refractivity (Wildman–Crippen MR) is 161 cm³/mol. The van der Waals surface area contributed by atoms with Crippen LogP contribution in [0.5, 0.6) is 11.5 Å². The van der Waals surface area contributed by atoms with Crippen molar-refractivity contribution in [1.29, 1.82) is 0 Å². The number of hydrogen-bond acceptors (Lipinski definition) is 8. The minimum absolute atomic E-state index is 0.0556. The van der Waals surface area contributed by atoms with Gasteiger partial charge in [0.05, 0.1) is 18.6 Å². The van der Waals surface area contributed by atoms with Crippen LogP contribution in [0, 0.1) is 0 Å². The van der Waals surface area contributed by atoms with Crippen LogP contribution in [0.2, 0.25) is 5.02 Å². The fourth-order valence-electron chi connectivity index (χ4n) is 4.00. The number of ether oxygens (including phenoxy) is 1. The number of hydrazone groups is 1. The number of rotatable bonds is 12. The number of aromatic nitrogens is 3. The fraction of sp³-hybridized carbons (Fsp3) is 0.241. The monoisotopic (exact) mass is 578 g/mol. The number of phenols is 1. The zero-order valence-electron chi connectivity index (χ0n) is 22.5. The Hall–Kier alpha value is -4.02. The van der Waals surface area contributed by atoms with E-state index in [4.69, 9.17) is 16.3 Å². The van der Waals surface area contributed by atoms with Crippen molar-refractivity contribution < 1.29 is 14.6 Å². The van der Waals surface area contributed by atoms with E-state index in [9.17, 15) is 9.90 Å². The van der Waals surface area contributed by atoms with Crippen LogP contribution >= 0.6 is 23.4 Å². The zero-order valence-corrected chi connectivity index (χ0v) is 24.1. The third-order valence-corrected chi connectivity index (χ3v) is 7.19. The molecule has 0 aliphatic heterocycles. The van der Waals surface area contributed by atoms with Gasteiger partial charge in [0.1, 0.15) is 11.5 Å². The van der Waals surface area contributed by atoms with E-state index in [-0.39, 0.29) is 17.4 Å². The van der Waals surface area contributed by atoms with Crippen LogP contribution in [-0.2, 0) is 4.79 Å². The van der Waals surface area contributed by atoms with E-state index >= 15 is 0 Å². The summed E-state index contributed by atoms with van der Waals surface area (Å²) in [5.41, 5.74) is 5.60. The van der Waals surface area contributed by atoms with Gasteiger partial charge in [-0.2, -0.15) is 5.10 Å². The largest absolute Gasteiger partial charge is 0.507 e. The molecule has 4 aromatic rings. The quantitative estimate of drug-likeness (QED) is 0.125. The molecule has 0 saturated heterocycles. The molecular weight excluding hydrogens is 548 g/mol. The molecule has 0 spiro atoms. The zero-order chi connectivity index (χ0) is 28.5. The number of halogens is 1. The molecule has 0 aliphatic rings. The molecule has 40 heavy (non-hydrogen) atoms. The molecule has 3 aromatic carbocycles. The first kappa shape index (κ1) is 29.0. The van der Waals surface area contributed by atoms with Crippen molar-refractivity contribution in [3.05, 3.63) is 77.3 Å². The van der Waals surface area contributed by atoms with E-state index in [2.05, 4.69) is 39.5 Å². The third kappa shape index (κ3) is 7.13. The second-order valence-corrected chi connectivity index (χ2v) is 9.95. The van der Waals surface area contributed by atoms with E-state index in [1.807, 2.05) is 54.0 Å². The van der Waals surface area contributed by atoms with Crippen LogP contribution < -0.4 is 15.1 Å². The summed E-state index contributed by atoms with van der Waals surface area (Å²) in [4.78, 5) is 14.7. The van der Waals surface area contributed by atoms with Gasteiger partial charge in [0, 0.05) is 46.7 Å². The number of carbonyl (C=O) groups excluding carboxylic acids is 1. The van der Waals surface area contributed by atoms with Crippen LogP contribution in [0.25, 0.3) is 17.1 Å². The van der Waals surface area contributed by atoms with Crippen molar-refractivity contribution in [1.82, 2.24) is 20.2 Å². The Morgan fingerprint density at radius 1 is 1.07 bits per heavy atom. The standard InChI is InChI=1S/C29H31ClN6O3S/c1-4-35(5-2)24-12-9-21(26(37)17-24)18-31-32-27(38)19-40-29-34-33-28(20-7-10-22(30)11-8-20)36(29)23-13-15-25(16-14-23)39-6-3/h7-18,37H,4-6,19H2,1-3H3,(H,32,38). The summed E-state index contributed by atoms with van der Waals surface area (Å²) < 4.78 is 7.46. The van der Waals surface area contributed by atoms with Gasteiger partial charge in [-0.15, -0.1) is 10.2 Å². The highest BCUT2D eigenvalue weighted by atomic mass is 35.5. The number of benzene rings is 3. The number of thioether (sulfide) groups is 1. The Labute approximate surface area is 242 Å². The van der Waals surface area contributed by atoms with Gasteiger partial charge >= 0.3 is 0 Å². The van der Waals surface area contributed by atoms with Gasteiger partial charge in [0.25, 0.3) is 5.91 Å². The van der Waals surface area contributed by atoms with Crippen molar-refractivity contribution in [2.75, 3.05) is 30.3 Å². The fourth-order valence-corrected chi connectivity index (χ4v) is 4.87. The van der Waals surface area contributed by atoms with Gasteiger partial charge in [-0.05, 0) is 81.4 Å². The highest BCUT2D eigenvalue weighted by Crippen LogP contribution is 2.30. The van der Waals surface area contributed by atoms with Crippen LogP contribution in [-0.4, -0.2) is 57.4 Å². The lowest BCUT2D eigenvalue weighted by molar-refractivity contribution is -0.118. The Balaban J connectivity index is 1.47. The van der Waals surface area contributed by atoms with Crippen molar-refractivity contribution >= 4 is 41.2 Å². The number of nitrogens with one attached hydrogen (secondary N) is 1. The molecule has 0 unspecified atom stereocenters. The molecule has 0 aliphatic carbocycles. The van der Waals surface area contributed by atoms with E-state index in [0.717, 1.165) is 35.8 Å². The first-order valence-corrected chi connectivity index (χ1v) is 14.3. The SMILES string of the molecule is CCOc1ccc(-n2c(SCC(=O)NN=Cc3ccc(N(CC)CC)cc3O)nnc2-c2ccc(Cl)cc2)cc1. The van der Waals surface area contributed by atoms with Gasteiger partial charge in [0.2, 0.25) is 0 Å². The number of carbonyl (C=O) groups is 1. The lowest BCUT2D eigenvalue weighted by Gasteiger charge is -2.21.